The highest BCUT2D eigenvalue weighted by Crippen LogP contribution is 2.31. The molecule has 0 unspecified atom stereocenters. The van der Waals surface area contributed by atoms with Crippen molar-refractivity contribution >= 4 is 40.5 Å². The summed E-state index contributed by atoms with van der Waals surface area (Å²) >= 11 is 12.1. The largest absolute Gasteiger partial charge is 0.451 e. The summed E-state index contributed by atoms with van der Waals surface area (Å²) in [6, 6.07) is 10.9. The molecule has 0 aliphatic rings. The number of benzene rings is 2. The fourth-order valence-corrected chi connectivity index (χ4v) is 2.91. The molecule has 2 aromatic carbocycles. The standard InChI is InChI=1S/C19H12Cl2N2O5/c1-10-14(20)3-2-4-16(10)22-19(25)18-9-12(24)8-17(28-18)13-6-5-11(23(26)27)7-15(13)21/h2-9H,1H3,(H,22,25). The maximum Gasteiger partial charge on any atom is 0.291 e. The highest BCUT2D eigenvalue weighted by molar-refractivity contribution is 6.33. The number of nitrogens with zero attached hydrogens (tertiary/aromatic N) is 1. The summed E-state index contributed by atoms with van der Waals surface area (Å²) in [4.78, 5) is 34.8. The normalized spacial score (nSPS) is 10.5. The Morgan fingerprint density at radius 2 is 1.86 bits per heavy atom. The van der Waals surface area contributed by atoms with E-state index in [0.29, 0.717) is 16.3 Å². The molecule has 9 heteroatoms. The lowest BCUT2D eigenvalue weighted by Gasteiger charge is -2.10. The topological polar surface area (TPSA) is 102 Å². The number of carbonyl (C=O) groups excluding carboxylic acids is 1. The van der Waals surface area contributed by atoms with Crippen LogP contribution in [-0.2, 0) is 0 Å². The van der Waals surface area contributed by atoms with Gasteiger partial charge in [0.05, 0.1) is 9.95 Å². The van der Waals surface area contributed by atoms with Crippen LogP contribution in [0.2, 0.25) is 10.0 Å². The first kappa shape index (κ1) is 19.6. The lowest BCUT2D eigenvalue weighted by molar-refractivity contribution is -0.384. The molecular formula is C19H12Cl2N2O5. The summed E-state index contributed by atoms with van der Waals surface area (Å²) in [5, 5.41) is 14.0. The number of hydrogen-bond acceptors (Lipinski definition) is 5. The molecule has 0 saturated carbocycles. The monoisotopic (exact) mass is 418 g/mol. The van der Waals surface area contributed by atoms with Crippen LogP contribution in [0.1, 0.15) is 16.1 Å². The fraction of sp³-hybridized carbons (Fsp3) is 0.0526. The number of nitrogens with one attached hydrogen (secondary N) is 1. The molecule has 0 atom stereocenters. The molecule has 0 aliphatic carbocycles. The molecule has 3 rings (SSSR count). The van der Waals surface area contributed by atoms with Crippen LogP contribution in [0.3, 0.4) is 0 Å². The van der Waals surface area contributed by atoms with Crippen molar-refractivity contribution in [3.8, 4) is 11.3 Å². The predicted octanol–water partition coefficient (Wildman–Crippen LogP) is 5.08. The van der Waals surface area contributed by atoms with Gasteiger partial charge in [-0.2, -0.15) is 0 Å². The van der Waals surface area contributed by atoms with Gasteiger partial charge in [-0.25, -0.2) is 0 Å². The van der Waals surface area contributed by atoms with Gasteiger partial charge in [-0.05, 0) is 30.7 Å². The molecule has 28 heavy (non-hydrogen) atoms. The van der Waals surface area contributed by atoms with Gasteiger partial charge < -0.3 is 9.73 Å². The van der Waals surface area contributed by atoms with E-state index in [4.69, 9.17) is 27.6 Å². The number of nitro groups is 1. The highest BCUT2D eigenvalue weighted by Gasteiger charge is 2.17. The van der Waals surface area contributed by atoms with E-state index >= 15 is 0 Å². The van der Waals surface area contributed by atoms with Crippen molar-refractivity contribution in [3.05, 3.63) is 90.2 Å². The average molecular weight is 419 g/mol. The Bertz CT molecular complexity index is 1160. The molecule has 0 spiro atoms. The maximum atomic E-state index is 12.5. The van der Waals surface area contributed by atoms with Gasteiger partial charge in [0.15, 0.2) is 11.2 Å². The van der Waals surface area contributed by atoms with Gasteiger partial charge in [0, 0.05) is 40.5 Å². The number of nitro benzene ring substituents is 1. The van der Waals surface area contributed by atoms with Gasteiger partial charge in [-0.15, -0.1) is 0 Å². The summed E-state index contributed by atoms with van der Waals surface area (Å²) in [5.41, 5.74) is 0.691. The third-order valence-corrected chi connectivity index (χ3v) is 4.66. The number of rotatable bonds is 4. The van der Waals surface area contributed by atoms with Crippen molar-refractivity contribution < 1.29 is 14.1 Å². The lowest BCUT2D eigenvalue weighted by Crippen LogP contribution is -2.15. The van der Waals surface area contributed by atoms with Crippen LogP contribution in [0.15, 0.2) is 57.7 Å². The molecule has 7 nitrogen and oxygen atoms in total. The number of non-ortho nitro benzene ring substituents is 1. The number of halogens is 2. The summed E-state index contributed by atoms with van der Waals surface area (Å²) in [6.45, 7) is 1.74. The second kappa shape index (κ2) is 7.84. The van der Waals surface area contributed by atoms with Crippen LogP contribution < -0.4 is 10.7 Å². The van der Waals surface area contributed by atoms with Gasteiger partial charge in [-0.3, -0.25) is 19.7 Å². The minimum atomic E-state index is -0.651. The van der Waals surface area contributed by atoms with Crippen LogP contribution in [0.4, 0.5) is 11.4 Å². The fourth-order valence-electron chi connectivity index (χ4n) is 2.47. The van der Waals surface area contributed by atoms with E-state index in [2.05, 4.69) is 5.32 Å². The van der Waals surface area contributed by atoms with Crippen molar-refractivity contribution in [2.75, 3.05) is 5.32 Å². The average Bonchev–Trinajstić information content (AvgIpc) is 2.64. The summed E-state index contributed by atoms with van der Waals surface area (Å²) in [5.74, 6) is -0.876. The number of carbonyl (C=O) groups is 1. The maximum absolute atomic E-state index is 12.5. The Labute approximate surface area is 168 Å². The van der Waals surface area contributed by atoms with Crippen molar-refractivity contribution in [3.63, 3.8) is 0 Å². The first-order valence-corrected chi connectivity index (χ1v) is 8.68. The molecule has 1 heterocycles. The molecule has 1 aromatic heterocycles. The molecule has 0 fully saturated rings. The van der Waals surface area contributed by atoms with Gasteiger partial charge in [-0.1, -0.05) is 29.3 Å². The predicted molar refractivity (Wildman–Crippen MR) is 106 cm³/mol. The van der Waals surface area contributed by atoms with E-state index < -0.39 is 16.3 Å². The first-order chi connectivity index (χ1) is 13.3. The van der Waals surface area contributed by atoms with Gasteiger partial charge in [0.25, 0.3) is 11.6 Å². The van der Waals surface area contributed by atoms with Gasteiger partial charge in [0.2, 0.25) is 0 Å². The number of amides is 1. The Morgan fingerprint density at radius 1 is 1.11 bits per heavy atom. The smallest absolute Gasteiger partial charge is 0.291 e. The van der Waals surface area contributed by atoms with Crippen LogP contribution in [0, 0.1) is 17.0 Å². The molecule has 0 aliphatic heterocycles. The van der Waals surface area contributed by atoms with Crippen LogP contribution in [-0.4, -0.2) is 10.8 Å². The second-order valence-electron chi connectivity index (χ2n) is 5.81. The summed E-state index contributed by atoms with van der Waals surface area (Å²) in [7, 11) is 0. The SMILES string of the molecule is Cc1c(Cl)cccc1NC(=O)c1cc(=O)cc(-c2ccc([N+](=O)[O-])cc2Cl)o1. The Hall–Kier alpha value is -3.16. The van der Waals surface area contributed by atoms with E-state index in [1.54, 1.807) is 25.1 Å². The molecule has 0 saturated heterocycles. The number of hydrogen-bond donors (Lipinski definition) is 1. The zero-order valence-electron chi connectivity index (χ0n) is 14.4. The van der Waals surface area contributed by atoms with Crippen molar-refractivity contribution in [1.82, 2.24) is 0 Å². The van der Waals surface area contributed by atoms with Crippen molar-refractivity contribution in [2.24, 2.45) is 0 Å². The Morgan fingerprint density at radius 3 is 2.54 bits per heavy atom. The van der Waals surface area contributed by atoms with Crippen LogP contribution in [0.5, 0.6) is 0 Å². The Kier molecular flexibility index (Phi) is 5.48. The second-order valence-corrected chi connectivity index (χ2v) is 6.62. The summed E-state index contributed by atoms with van der Waals surface area (Å²) < 4.78 is 5.53. The third kappa shape index (κ3) is 4.05. The Balaban J connectivity index is 1.98. The van der Waals surface area contributed by atoms with E-state index in [9.17, 15) is 19.7 Å². The van der Waals surface area contributed by atoms with Gasteiger partial charge in [0.1, 0.15) is 5.76 Å². The molecule has 142 valence electrons. The van der Waals surface area contributed by atoms with E-state index in [0.717, 1.165) is 18.2 Å². The minimum absolute atomic E-state index is 0.0142. The quantitative estimate of drug-likeness (QED) is 0.469. The van der Waals surface area contributed by atoms with Crippen molar-refractivity contribution in [1.29, 1.82) is 0 Å². The highest BCUT2D eigenvalue weighted by atomic mass is 35.5. The lowest BCUT2D eigenvalue weighted by atomic mass is 10.1. The molecule has 0 radical (unpaired) electrons. The van der Waals surface area contributed by atoms with E-state index in [-0.39, 0.29) is 27.8 Å². The molecule has 0 bridgehead atoms. The van der Waals surface area contributed by atoms with Crippen LogP contribution in [0.25, 0.3) is 11.3 Å². The van der Waals surface area contributed by atoms with Gasteiger partial charge >= 0.3 is 0 Å². The zero-order valence-corrected chi connectivity index (χ0v) is 15.9. The first-order valence-electron chi connectivity index (χ1n) is 7.92. The molecule has 1 N–H and O–H groups in total. The number of anilines is 1. The zero-order chi connectivity index (χ0) is 20.4. The van der Waals surface area contributed by atoms with Crippen LogP contribution >= 0.6 is 23.2 Å². The molecule has 3 aromatic rings. The molecular weight excluding hydrogens is 407 g/mol. The van der Waals surface area contributed by atoms with E-state index in [1.807, 2.05) is 0 Å². The molecule has 1 amide bonds. The summed E-state index contributed by atoms with van der Waals surface area (Å²) in [6.07, 6.45) is 0. The minimum Gasteiger partial charge on any atom is -0.451 e. The third-order valence-electron chi connectivity index (χ3n) is 3.94. The van der Waals surface area contributed by atoms with Crippen molar-refractivity contribution in [2.45, 2.75) is 6.92 Å². The van der Waals surface area contributed by atoms with E-state index in [1.165, 1.54) is 12.1 Å².